The zero-order valence-corrected chi connectivity index (χ0v) is 9.72. The van der Waals surface area contributed by atoms with Crippen molar-refractivity contribution in [1.29, 1.82) is 0 Å². The molecule has 1 amide bonds. The zero-order chi connectivity index (χ0) is 13.3. The highest BCUT2D eigenvalue weighted by atomic mass is 19.1. The van der Waals surface area contributed by atoms with Gasteiger partial charge in [0.1, 0.15) is 11.6 Å². The number of rotatable bonds is 2. The number of aromatic hydroxyl groups is 1. The molecule has 6 heteroatoms. The molecule has 18 heavy (non-hydrogen) atoms. The Balaban J connectivity index is 2.27. The van der Waals surface area contributed by atoms with Crippen molar-refractivity contribution >= 4 is 17.6 Å². The third kappa shape index (κ3) is 2.13. The van der Waals surface area contributed by atoms with E-state index in [1.165, 1.54) is 18.1 Å². The number of methoxy groups -OCH3 is 1. The third-order valence-corrected chi connectivity index (χ3v) is 2.89. The average Bonchev–Trinajstić information content (AvgIpc) is 2.73. The summed E-state index contributed by atoms with van der Waals surface area (Å²) in [5, 5.41) is 9.62. The van der Waals surface area contributed by atoms with E-state index in [0.717, 1.165) is 12.1 Å². The number of ether oxygens (including phenoxy) is 1. The zero-order valence-electron chi connectivity index (χ0n) is 9.72. The van der Waals surface area contributed by atoms with Gasteiger partial charge in [0, 0.05) is 19.0 Å². The van der Waals surface area contributed by atoms with Crippen molar-refractivity contribution in [2.75, 3.05) is 18.6 Å². The first-order valence-corrected chi connectivity index (χ1v) is 5.39. The van der Waals surface area contributed by atoms with Crippen LogP contribution in [-0.2, 0) is 14.3 Å². The van der Waals surface area contributed by atoms with E-state index in [9.17, 15) is 19.1 Å². The van der Waals surface area contributed by atoms with E-state index >= 15 is 0 Å². The van der Waals surface area contributed by atoms with Gasteiger partial charge >= 0.3 is 5.97 Å². The van der Waals surface area contributed by atoms with Crippen molar-refractivity contribution in [3.05, 3.63) is 24.0 Å². The summed E-state index contributed by atoms with van der Waals surface area (Å²) in [6.07, 6.45) is 0.00261. The summed E-state index contributed by atoms with van der Waals surface area (Å²) in [4.78, 5) is 24.3. The van der Waals surface area contributed by atoms with Gasteiger partial charge in [-0.1, -0.05) is 0 Å². The van der Waals surface area contributed by atoms with Gasteiger partial charge < -0.3 is 14.7 Å². The molecule has 0 aromatic heterocycles. The fourth-order valence-electron chi connectivity index (χ4n) is 1.98. The lowest BCUT2D eigenvalue weighted by molar-refractivity contribution is -0.145. The Morgan fingerprint density at radius 3 is 2.94 bits per heavy atom. The van der Waals surface area contributed by atoms with Gasteiger partial charge in [0.25, 0.3) is 0 Å². The maximum absolute atomic E-state index is 13.1. The van der Waals surface area contributed by atoms with Crippen LogP contribution < -0.4 is 4.90 Å². The van der Waals surface area contributed by atoms with E-state index in [-0.39, 0.29) is 30.3 Å². The standard InChI is InChI=1S/C12H12FNO4/c1-18-12(17)7-4-11(16)14(6-7)9-5-8(13)2-3-10(9)15/h2-3,5,7,15H,4,6H2,1H3. The normalized spacial score (nSPS) is 19.1. The number of phenols is 1. The van der Waals surface area contributed by atoms with Crippen LogP contribution in [0.25, 0.3) is 0 Å². The van der Waals surface area contributed by atoms with Crippen LogP contribution in [0.1, 0.15) is 6.42 Å². The highest BCUT2D eigenvalue weighted by Crippen LogP contribution is 2.33. The number of benzene rings is 1. The van der Waals surface area contributed by atoms with E-state index < -0.39 is 17.7 Å². The van der Waals surface area contributed by atoms with Gasteiger partial charge in [-0.25, -0.2) is 4.39 Å². The molecule has 1 N–H and O–H groups in total. The van der Waals surface area contributed by atoms with Crippen LogP contribution in [0.2, 0.25) is 0 Å². The number of esters is 1. The Kier molecular flexibility index (Phi) is 3.18. The number of phenolic OH excluding ortho intramolecular Hbond substituents is 1. The molecule has 1 heterocycles. The molecule has 1 unspecified atom stereocenters. The van der Waals surface area contributed by atoms with Crippen LogP contribution in [0.15, 0.2) is 18.2 Å². The van der Waals surface area contributed by atoms with Crippen LogP contribution in [0.3, 0.4) is 0 Å². The first-order valence-electron chi connectivity index (χ1n) is 5.39. The maximum Gasteiger partial charge on any atom is 0.311 e. The van der Waals surface area contributed by atoms with Gasteiger partial charge in [0.15, 0.2) is 0 Å². The minimum Gasteiger partial charge on any atom is -0.506 e. The molecular formula is C12H12FNO4. The van der Waals surface area contributed by atoms with Crippen LogP contribution in [0, 0.1) is 11.7 Å². The highest BCUT2D eigenvalue weighted by molar-refractivity contribution is 6.00. The Labute approximate surface area is 103 Å². The Morgan fingerprint density at radius 1 is 1.56 bits per heavy atom. The quantitative estimate of drug-likeness (QED) is 0.800. The number of anilines is 1. The van der Waals surface area contributed by atoms with Crippen molar-refractivity contribution < 1.29 is 23.8 Å². The SMILES string of the molecule is COC(=O)C1CC(=O)N(c2cc(F)ccc2O)C1. The molecule has 0 bridgehead atoms. The molecule has 96 valence electrons. The second-order valence-corrected chi connectivity index (χ2v) is 4.06. The summed E-state index contributed by atoms with van der Waals surface area (Å²) in [5.41, 5.74) is 0.0754. The highest BCUT2D eigenvalue weighted by Gasteiger charge is 2.36. The number of nitrogens with zero attached hydrogens (tertiary/aromatic N) is 1. The molecule has 0 radical (unpaired) electrons. The summed E-state index contributed by atoms with van der Waals surface area (Å²) < 4.78 is 17.7. The lowest BCUT2D eigenvalue weighted by Crippen LogP contribution is -2.26. The summed E-state index contributed by atoms with van der Waals surface area (Å²) in [5.74, 6) is -2.16. The van der Waals surface area contributed by atoms with Crippen LogP contribution in [0.4, 0.5) is 10.1 Å². The minimum atomic E-state index is -0.579. The summed E-state index contributed by atoms with van der Waals surface area (Å²) >= 11 is 0. The Bertz CT molecular complexity index is 503. The predicted molar refractivity (Wildman–Crippen MR) is 60.5 cm³/mol. The molecular weight excluding hydrogens is 241 g/mol. The monoisotopic (exact) mass is 253 g/mol. The fraction of sp³-hybridized carbons (Fsp3) is 0.333. The number of halogens is 1. The average molecular weight is 253 g/mol. The van der Waals surface area contributed by atoms with Gasteiger partial charge in [-0.2, -0.15) is 0 Å². The van der Waals surface area contributed by atoms with E-state index in [2.05, 4.69) is 4.74 Å². The molecule has 0 saturated carbocycles. The molecule has 1 aliphatic heterocycles. The predicted octanol–water partition coefficient (Wildman–Crippen LogP) is 1.06. The van der Waals surface area contributed by atoms with Gasteiger partial charge in [-0.15, -0.1) is 0 Å². The molecule has 1 aromatic carbocycles. The van der Waals surface area contributed by atoms with Gasteiger partial charge in [-0.05, 0) is 12.1 Å². The number of carbonyl (C=O) groups excluding carboxylic acids is 2. The number of amides is 1. The largest absolute Gasteiger partial charge is 0.506 e. The molecule has 5 nitrogen and oxygen atoms in total. The molecule has 0 aliphatic carbocycles. The van der Waals surface area contributed by atoms with Crippen molar-refractivity contribution in [1.82, 2.24) is 0 Å². The maximum atomic E-state index is 13.1. The van der Waals surface area contributed by atoms with Crippen molar-refractivity contribution in [3.63, 3.8) is 0 Å². The Hall–Kier alpha value is -2.11. The van der Waals surface area contributed by atoms with Crippen molar-refractivity contribution in [2.24, 2.45) is 5.92 Å². The lowest BCUT2D eigenvalue weighted by atomic mass is 10.1. The first-order chi connectivity index (χ1) is 8.52. The second kappa shape index (κ2) is 4.64. The summed E-state index contributed by atoms with van der Waals surface area (Å²) in [7, 11) is 1.25. The van der Waals surface area contributed by atoms with Crippen molar-refractivity contribution in [3.8, 4) is 5.75 Å². The second-order valence-electron chi connectivity index (χ2n) is 4.06. The summed E-state index contributed by atoms with van der Waals surface area (Å²) in [6.45, 7) is 0.0858. The Morgan fingerprint density at radius 2 is 2.28 bits per heavy atom. The fourth-order valence-corrected chi connectivity index (χ4v) is 1.98. The first kappa shape index (κ1) is 12.3. The van der Waals surface area contributed by atoms with Gasteiger partial charge in [0.05, 0.1) is 18.7 Å². The van der Waals surface area contributed by atoms with E-state index in [1.54, 1.807) is 0 Å². The van der Waals surface area contributed by atoms with Crippen molar-refractivity contribution in [2.45, 2.75) is 6.42 Å². The number of carbonyl (C=O) groups is 2. The van der Waals surface area contributed by atoms with Crippen LogP contribution in [-0.4, -0.2) is 30.6 Å². The lowest BCUT2D eigenvalue weighted by Gasteiger charge is -2.17. The molecule has 1 aliphatic rings. The minimum absolute atomic E-state index is 0.00261. The topological polar surface area (TPSA) is 66.8 Å². The van der Waals surface area contributed by atoms with E-state index in [0.29, 0.717) is 0 Å². The van der Waals surface area contributed by atoms with Gasteiger partial charge in [-0.3, -0.25) is 9.59 Å². The van der Waals surface area contributed by atoms with Crippen LogP contribution in [0.5, 0.6) is 5.75 Å². The third-order valence-electron chi connectivity index (χ3n) is 2.89. The van der Waals surface area contributed by atoms with Crippen LogP contribution >= 0.6 is 0 Å². The molecule has 1 saturated heterocycles. The summed E-state index contributed by atoms with van der Waals surface area (Å²) in [6, 6.07) is 3.33. The smallest absolute Gasteiger partial charge is 0.311 e. The number of hydrogen-bond donors (Lipinski definition) is 1. The van der Waals surface area contributed by atoms with Gasteiger partial charge in [0.2, 0.25) is 5.91 Å². The van der Waals surface area contributed by atoms with E-state index in [4.69, 9.17) is 0 Å². The molecule has 1 aromatic rings. The molecule has 2 rings (SSSR count). The molecule has 0 spiro atoms. The van der Waals surface area contributed by atoms with E-state index in [1.807, 2.05) is 0 Å². The number of hydrogen-bond acceptors (Lipinski definition) is 4. The molecule has 1 fully saturated rings. The molecule has 1 atom stereocenters.